The Morgan fingerprint density at radius 2 is 1.81 bits per heavy atom. The van der Waals surface area contributed by atoms with E-state index in [0.29, 0.717) is 34.6 Å². The van der Waals surface area contributed by atoms with Crippen LogP contribution >= 0.6 is 23.2 Å². The first-order chi connectivity index (χ1) is 17.4. The lowest BCUT2D eigenvalue weighted by Gasteiger charge is -2.10. The molecule has 4 rings (SSSR count). The number of aromatic amines is 1. The smallest absolute Gasteiger partial charge is 0.303 e. The van der Waals surface area contributed by atoms with Crippen LogP contribution in [0.5, 0.6) is 11.5 Å². The molecule has 0 unspecified atom stereocenters. The van der Waals surface area contributed by atoms with Gasteiger partial charge >= 0.3 is 5.97 Å². The fourth-order valence-corrected chi connectivity index (χ4v) is 4.13. The second kappa shape index (κ2) is 11.8. The van der Waals surface area contributed by atoms with E-state index in [1.165, 1.54) is 0 Å². The third-order valence-electron chi connectivity index (χ3n) is 5.45. The number of imidazole rings is 1. The van der Waals surface area contributed by atoms with Crippen molar-refractivity contribution in [3.63, 3.8) is 0 Å². The molecular formula is C28H24Cl2N2O4. The maximum Gasteiger partial charge on any atom is 0.303 e. The van der Waals surface area contributed by atoms with Crippen molar-refractivity contribution in [2.45, 2.75) is 12.8 Å². The van der Waals surface area contributed by atoms with Gasteiger partial charge in [0.1, 0.15) is 17.3 Å². The zero-order valence-corrected chi connectivity index (χ0v) is 21.0. The van der Waals surface area contributed by atoms with Crippen LogP contribution in [0.2, 0.25) is 10.0 Å². The average molecular weight is 523 g/mol. The number of aromatic nitrogens is 2. The molecule has 0 saturated carbocycles. The summed E-state index contributed by atoms with van der Waals surface area (Å²) in [5, 5.41) is 9.83. The lowest BCUT2D eigenvalue weighted by atomic mass is 10.0. The highest BCUT2D eigenvalue weighted by Gasteiger charge is 2.09. The Bertz CT molecular complexity index is 1380. The van der Waals surface area contributed by atoms with Gasteiger partial charge in [-0.05, 0) is 72.2 Å². The van der Waals surface area contributed by atoms with Crippen molar-refractivity contribution in [1.82, 2.24) is 9.97 Å². The van der Waals surface area contributed by atoms with Crippen molar-refractivity contribution >= 4 is 41.3 Å². The van der Waals surface area contributed by atoms with Crippen molar-refractivity contribution in [1.29, 1.82) is 0 Å². The van der Waals surface area contributed by atoms with E-state index in [4.69, 9.17) is 37.8 Å². The molecule has 0 bridgehead atoms. The van der Waals surface area contributed by atoms with Gasteiger partial charge in [0.15, 0.2) is 0 Å². The molecule has 0 atom stereocenters. The first kappa shape index (κ1) is 25.4. The first-order valence-electron chi connectivity index (χ1n) is 11.2. The Hall–Kier alpha value is -3.74. The van der Waals surface area contributed by atoms with Crippen LogP contribution in [0.15, 0.2) is 66.9 Å². The number of aliphatic carboxylic acids is 1. The predicted octanol–water partition coefficient (Wildman–Crippen LogP) is 7.47. The Labute approximate surface area is 219 Å². The van der Waals surface area contributed by atoms with Gasteiger partial charge in [0.25, 0.3) is 0 Å². The van der Waals surface area contributed by atoms with Crippen molar-refractivity contribution in [3.05, 3.63) is 88.3 Å². The van der Waals surface area contributed by atoms with Crippen LogP contribution in [-0.4, -0.2) is 34.8 Å². The maximum atomic E-state index is 10.6. The molecule has 0 spiro atoms. The molecular weight excluding hydrogens is 499 g/mol. The summed E-state index contributed by atoms with van der Waals surface area (Å²) in [7, 11) is 1.64. The van der Waals surface area contributed by atoms with Gasteiger partial charge in [-0.25, -0.2) is 4.98 Å². The summed E-state index contributed by atoms with van der Waals surface area (Å²) in [6.45, 7) is 0.363. The van der Waals surface area contributed by atoms with Crippen LogP contribution in [0.3, 0.4) is 0 Å². The van der Waals surface area contributed by atoms with Crippen molar-refractivity contribution < 1.29 is 19.4 Å². The van der Waals surface area contributed by atoms with Gasteiger partial charge in [0.05, 0.1) is 24.4 Å². The lowest BCUT2D eigenvalue weighted by molar-refractivity contribution is -0.137. The van der Waals surface area contributed by atoms with E-state index in [1.807, 2.05) is 60.7 Å². The molecule has 1 heterocycles. The standard InChI is InChI=1S/C28H24Cl2N2O4/c1-35-26-12-6-19(18-4-9-22(10-5-18)36-14-2-3-28(33)34)15-20(26)7-13-27-31-17-25(32-27)23-11-8-21(29)16-24(23)30/h4-13,15-17H,2-3,14H2,1H3,(H,31,32)(H,33,34)/b13-7+. The summed E-state index contributed by atoms with van der Waals surface area (Å²) in [5.74, 6) is 1.29. The van der Waals surface area contributed by atoms with E-state index in [1.54, 1.807) is 25.4 Å². The minimum absolute atomic E-state index is 0.0917. The molecule has 36 heavy (non-hydrogen) atoms. The zero-order valence-electron chi connectivity index (χ0n) is 19.5. The molecule has 6 nitrogen and oxygen atoms in total. The fourth-order valence-electron chi connectivity index (χ4n) is 3.63. The lowest BCUT2D eigenvalue weighted by Crippen LogP contribution is -2.01. The minimum atomic E-state index is -0.822. The molecule has 1 aromatic heterocycles. The Kier molecular flexibility index (Phi) is 8.31. The maximum absolute atomic E-state index is 10.6. The highest BCUT2D eigenvalue weighted by atomic mass is 35.5. The van der Waals surface area contributed by atoms with Gasteiger partial charge < -0.3 is 19.6 Å². The van der Waals surface area contributed by atoms with Crippen LogP contribution in [-0.2, 0) is 4.79 Å². The summed E-state index contributed by atoms with van der Waals surface area (Å²) < 4.78 is 11.2. The number of nitrogens with one attached hydrogen (secondary N) is 1. The molecule has 184 valence electrons. The van der Waals surface area contributed by atoms with Gasteiger partial charge in [-0.1, -0.05) is 41.4 Å². The fraction of sp³-hybridized carbons (Fsp3) is 0.143. The average Bonchev–Trinajstić information content (AvgIpc) is 3.34. The van der Waals surface area contributed by atoms with E-state index in [9.17, 15) is 4.79 Å². The van der Waals surface area contributed by atoms with Gasteiger partial charge in [-0.3, -0.25) is 4.79 Å². The molecule has 0 amide bonds. The number of methoxy groups -OCH3 is 1. The Morgan fingerprint density at radius 1 is 1.03 bits per heavy atom. The van der Waals surface area contributed by atoms with E-state index >= 15 is 0 Å². The summed E-state index contributed by atoms with van der Waals surface area (Å²) in [4.78, 5) is 18.4. The molecule has 8 heteroatoms. The second-order valence-corrected chi connectivity index (χ2v) is 8.80. The number of ether oxygens (including phenoxy) is 2. The molecule has 0 aliphatic heterocycles. The van der Waals surface area contributed by atoms with Crippen molar-refractivity contribution in [3.8, 4) is 33.9 Å². The summed E-state index contributed by atoms with van der Waals surface area (Å²) in [6.07, 6.45) is 6.18. The molecule has 0 fully saturated rings. The Morgan fingerprint density at radius 3 is 2.53 bits per heavy atom. The number of H-pyrrole nitrogens is 1. The van der Waals surface area contributed by atoms with Crippen LogP contribution in [0, 0.1) is 0 Å². The SMILES string of the molecule is COc1ccc(-c2ccc(OCCCC(=O)O)cc2)cc1/C=C/c1nc(-c2ccc(Cl)cc2Cl)c[nH]1. The third-order valence-corrected chi connectivity index (χ3v) is 5.99. The highest BCUT2D eigenvalue weighted by molar-refractivity contribution is 6.36. The third kappa shape index (κ3) is 6.47. The quantitative estimate of drug-likeness (QED) is 0.211. The van der Waals surface area contributed by atoms with Crippen LogP contribution in [0.25, 0.3) is 34.5 Å². The Balaban J connectivity index is 1.49. The zero-order chi connectivity index (χ0) is 25.5. The molecule has 0 aliphatic carbocycles. The summed E-state index contributed by atoms with van der Waals surface area (Å²) in [5.41, 5.74) is 4.45. The number of halogens is 2. The number of nitrogens with zero attached hydrogens (tertiary/aromatic N) is 1. The summed E-state index contributed by atoms with van der Waals surface area (Å²) >= 11 is 12.3. The topological polar surface area (TPSA) is 84.4 Å². The monoisotopic (exact) mass is 522 g/mol. The number of benzene rings is 3. The highest BCUT2D eigenvalue weighted by Crippen LogP contribution is 2.31. The minimum Gasteiger partial charge on any atom is -0.496 e. The van der Waals surface area contributed by atoms with Crippen molar-refractivity contribution in [2.75, 3.05) is 13.7 Å². The second-order valence-electron chi connectivity index (χ2n) is 7.96. The van der Waals surface area contributed by atoms with Gasteiger partial charge in [-0.15, -0.1) is 0 Å². The van der Waals surface area contributed by atoms with Gasteiger partial charge in [0, 0.05) is 28.8 Å². The normalized spacial score (nSPS) is 11.1. The van der Waals surface area contributed by atoms with Gasteiger partial charge in [-0.2, -0.15) is 0 Å². The number of hydrogen-bond donors (Lipinski definition) is 2. The van der Waals surface area contributed by atoms with Crippen LogP contribution < -0.4 is 9.47 Å². The number of carbonyl (C=O) groups is 1. The molecule has 4 aromatic rings. The number of carboxylic acids is 1. The number of hydrogen-bond acceptors (Lipinski definition) is 4. The first-order valence-corrected chi connectivity index (χ1v) is 12.0. The van der Waals surface area contributed by atoms with Gasteiger partial charge in [0.2, 0.25) is 0 Å². The van der Waals surface area contributed by atoms with Crippen LogP contribution in [0.1, 0.15) is 24.2 Å². The van der Waals surface area contributed by atoms with E-state index in [-0.39, 0.29) is 6.42 Å². The van der Waals surface area contributed by atoms with Crippen LogP contribution in [0.4, 0.5) is 0 Å². The molecule has 0 saturated heterocycles. The molecule has 3 aromatic carbocycles. The van der Waals surface area contributed by atoms with Crippen molar-refractivity contribution in [2.24, 2.45) is 0 Å². The largest absolute Gasteiger partial charge is 0.496 e. The van der Waals surface area contributed by atoms with E-state index < -0.39 is 5.97 Å². The number of rotatable bonds is 10. The predicted molar refractivity (Wildman–Crippen MR) is 144 cm³/mol. The number of carboxylic acid groups (broad SMARTS) is 1. The van der Waals surface area contributed by atoms with E-state index in [2.05, 4.69) is 9.97 Å². The molecule has 0 radical (unpaired) electrons. The van der Waals surface area contributed by atoms with E-state index in [0.717, 1.165) is 33.7 Å². The summed E-state index contributed by atoms with van der Waals surface area (Å²) in [6, 6.07) is 19.0. The molecule has 2 N–H and O–H groups in total. The molecule has 0 aliphatic rings.